The minimum absolute atomic E-state index is 0.0411. The van der Waals surface area contributed by atoms with Gasteiger partial charge in [-0.05, 0) is 18.2 Å². The van der Waals surface area contributed by atoms with Gasteiger partial charge in [0.05, 0.1) is 31.5 Å². The van der Waals surface area contributed by atoms with Crippen LogP contribution >= 0.6 is 15.9 Å². The molecule has 0 unspecified atom stereocenters. The number of hydrogen-bond acceptors (Lipinski definition) is 6. The maximum Gasteiger partial charge on any atom is 0.337 e. The van der Waals surface area contributed by atoms with Crippen LogP contribution in [0.25, 0.3) is 0 Å². The van der Waals surface area contributed by atoms with Crippen LogP contribution in [0.2, 0.25) is 0 Å². The Kier molecular flexibility index (Phi) is 6.33. The Hall–Kier alpha value is -2.19. The number of esters is 1. The molecule has 0 fully saturated rings. The van der Waals surface area contributed by atoms with Crippen molar-refractivity contribution in [2.75, 3.05) is 32.1 Å². The van der Waals surface area contributed by atoms with Crippen molar-refractivity contribution >= 4 is 39.3 Å². The molecule has 0 bridgehead atoms. The van der Waals surface area contributed by atoms with Crippen molar-refractivity contribution in [1.82, 2.24) is 4.90 Å². The molecule has 0 spiro atoms. The molecule has 1 amide bonds. The number of nitrogens with one attached hydrogen (secondary N) is 1. The van der Waals surface area contributed by atoms with Crippen LogP contribution in [-0.4, -0.2) is 54.5 Å². The van der Waals surface area contributed by atoms with E-state index in [2.05, 4.69) is 21.2 Å². The van der Waals surface area contributed by atoms with Crippen LogP contribution in [0, 0.1) is 0 Å². The molecule has 2 rings (SSSR count). The molecule has 7 nitrogen and oxygen atoms in total. The molecular formula is C17H19BrN2O5. The number of hydrogen-bond donors (Lipinski definition) is 2. The fraction of sp³-hybridized carbons (Fsp3) is 0.353. The van der Waals surface area contributed by atoms with E-state index in [4.69, 9.17) is 9.84 Å². The molecule has 1 heterocycles. The van der Waals surface area contributed by atoms with E-state index < -0.39 is 11.9 Å². The predicted molar refractivity (Wildman–Crippen MR) is 95.1 cm³/mol. The number of Topliss-reactive ketones (excluding diaryl/α,β-unsaturated/α-hetero) is 1. The summed E-state index contributed by atoms with van der Waals surface area (Å²) >= 11 is 3.34. The van der Waals surface area contributed by atoms with Gasteiger partial charge in [0.15, 0.2) is 5.78 Å². The van der Waals surface area contributed by atoms with Gasteiger partial charge in [-0.15, -0.1) is 0 Å². The first-order chi connectivity index (χ1) is 11.9. The first-order valence-corrected chi connectivity index (χ1v) is 8.53. The molecule has 25 heavy (non-hydrogen) atoms. The monoisotopic (exact) mass is 410 g/mol. The van der Waals surface area contributed by atoms with Crippen LogP contribution in [-0.2, 0) is 14.3 Å². The van der Waals surface area contributed by atoms with E-state index in [0.29, 0.717) is 17.7 Å². The van der Waals surface area contributed by atoms with Gasteiger partial charge in [0.1, 0.15) is 5.70 Å². The third-order valence-electron chi connectivity index (χ3n) is 3.82. The van der Waals surface area contributed by atoms with Crippen molar-refractivity contribution in [3.8, 4) is 0 Å². The summed E-state index contributed by atoms with van der Waals surface area (Å²) < 4.78 is 5.47. The Bertz CT molecular complexity index is 745. The highest BCUT2D eigenvalue weighted by Crippen LogP contribution is 2.28. The second-order valence-corrected chi connectivity index (χ2v) is 6.30. The van der Waals surface area contributed by atoms with Crippen molar-refractivity contribution in [2.45, 2.75) is 13.3 Å². The number of halogens is 1. The fourth-order valence-corrected chi connectivity index (χ4v) is 2.90. The lowest BCUT2D eigenvalue weighted by Crippen LogP contribution is -2.31. The molecule has 0 aliphatic carbocycles. The van der Waals surface area contributed by atoms with Crippen molar-refractivity contribution in [1.29, 1.82) is 0 Å². The summed E-state index contributed by atoms with van der Waals surface area (Å²) in [6.07, 6.45) is 0.309. The van der Waals surface area contributed by atoms with Gasteiger partial charge in [0, 0.05) is 23.0 Å². The number of ketones is 1. The third kappa shape index (κ3) is 4.08. The number of nitrogens with zero attached hydrogens (tertiary/aromatic N) is 1. The standard InChI is InChI=1S/C17H19BrN2O5/c1-3-14(22)11-5-4-10(18)8-13(11)19-15-12(17(24)25-2)9-20(6-7-21)16(15)23/h4-5,8,19,21H,3,6-7,9H2,1-2H3. The molecule has 1 aliphatic rings. The lowest BCUT2D eigenvalue weighted by molar-refractivity contribution is -0.136. The molecule has 0 saturated carbocycles. The molecular weight excluding hydrogens is 392 g/mol. The van der Waals surface area contributed by atoms with E-state index in [1.54, 1.807) is 25.1 Å². The fourth-order valence-electron chi connectivity index (χ4n) is 2.54. The highest BCUT2D eigenvalue weighted by atomic mass is 79.9. The summed E-state index contributed by atoms with van der Waals surface area (Å²) in [5.41, 5.74) is 1.08. The summed E-state index contributed by atoms with van der Waals surface area (Å²) in [6.45, 7) is 1.67. The van der Waals surface area contributed by atoms with Crippen LogP contribution in [0.15, 0.2) is 33.9 Å². The van der Waals surface area contributed by atoms with Gasteiger partial charge in [0.2, 0.25) is 0 Å². The summed E-state index contributed by atoms with van der Waals surface area (Å²) in [6, 6.07) is 5.06. The molecule has 0 radical (unpaired) electrons. The zero-order valence-electron chi connectivity index (χ0n) is 14.0. The Morgan fingerprint density at radius 1 is 1.40 bits per heavy atom. The van der Waals surface area contributed by atoms with Gasteiger partial charge in [-0.3, -0.25) is 9.59 Å². The van der Waals surface area contributed by atoms with Crippen molar-refractivity contribution in [2.24, 2.45) is 0 Å². The van der Waals surface area contributed by atoms with Crippen molar-refractivity contribution in [3.63, 3.8) is 0 Å². The predicted octanol–water partition coefficient (Wildman–Crippen LogP) is 1.72. The maximum atomic E-state index is 12.6. The largest absolute Gasteiger partial charge is 0.466 e. The van der Waals surface area contributed by atoms with E-state index in [-0.39, 0.29) is 36.7 Å². The number of carbonyl (C=O) groups excluding carboxylic acids is 3. The first kappa shape index (κ1) is 19.1. The van der Waals surface area contributed by atoms with E-state index in [0.717, 1.165) is 4.47 Å². The van der Waals surface area contributed by atoms with Crippen LogP contribution < -0.4 is 5.32 Å². The Morgan fingerprint density at radius 2 is 2.12 bits per heavy atom. The van der Waals surface area contributed by atoms with Gasteiger partial charge in [-0.25, -0.2) is 4.79 Å². The number of ether oxygens (including phenoxy) is 1. The minimum atomic E-state index is -0.630. The number of amides is 1. The lowest BCUT2D eigenvalue weighted by Gasteiger charge is -2.16. The number of carbonyl (C=O) groups is 3. The molecule has 2 N–H and O–H groups in total. The minimum Gasteiger partial charge on any atom is -0.466 e. The lowest BCUT2D eigenvalue weighted by atomic mass is 10.1. The van der Waals surface area contributed by atoms with Crippen LogP contribution in [0.3, 0.4) is 0 Å². The molecule has 134 valence electrons. The Balaban J connectivity index is 2.45. The highest BCUT2D eigenvalue weighted by molar-refractivity contribution is 9.10. The zero-order valence-corrected chi connectivity index (χ0v) is 15.6. The van der Waals surface area contributed by atoms with Crippen molar-refractivity contribution in [3.05, 3.63) is 39.5 Å². The molecule has 0 atom stereocenters. The average Bonchev–Trinajstić information content (AvgIpc) is 2.90. The SMILES string of the molecule is CCC(=O)c1ccc(Br)cc1NC1=C(C(=O)OC)CN(CCO)C1=O. The van der Waals surface area contributed by atoms with Gasteiger partial charge in [0.25, 0.3) is 5.91 Å². The number of β-amino-alcohol motifs (C(OH)–C–C–N with tert-alkyl or cyclic N) is 1. The zero-order chi connectivity index (χ0) is 18.6. The van der Waals surface area contributed by atoms with E-state index in [9.17, 15) is 14.4 Å². The molecule has 1 aliphatic heterocycles. The second-order valence-electron chi connectivity index (χ2n) is 5.39. The van der Waals surface area contributed by atoms with Crippen LogP contribution in [0.5, 0.6) is 0 Å². The molecule has 0 saturated heterocycles. The number of aliphatic hydroxyl groups is 1. The maximum absolute atomic E-state index is 12.6. The smallest absolute Gasteiger partial charge is 0.337 e. The summed E-state index contributed by atoms with van der Waals surface area (Å²) in [7, 11) is 1.23. The molecule has 1 aromatic rings. The Labute approximate surface area is 153 Å². The molecule has 8 heteroatoms. The van der Waals surface area contributed by atoms with Gasteiger partial charge < -0.3 is 20.1 Å². The third-order valence-corrected chi connectivity index (χ3v) is 4.31. The first-order valence-electron chi connectivity index (χ1n) is 7.74. The molecule has 1 aromatic carbocycles. The highest BCUT2D eigenvalue weighted by Gasteiger charge is 2.34. The second kappa shape index (κ2) is 8.26. The molecule has 0 aromatic heterocycles. The Morgan fingerprint density at radius 3 is 2.72 bits per heavy atom. The van der Waals surface area contributed by atoms with Gasteiger partial charge in [-0.2, -0.15) is 0 Å². The summed E-state index contributed by atoms with van der Waals surface area (Å²) in [5.74, 6) is -1.15. The van der Waals surface area contributed by atoms with E-state index in [1.807, 2.05) is 0 Å². The van der Waals surface area contributed by atoms with Crippen LogP contribution in [0.1, 0.15) is 23.7 Å². The number of methoxy groups -OCH3 is 1. The van der Waals surface area contributed by atoms with Gasteiger partial charge in [-0.1, -0.05) is 22.9 Å². The number of anilines is 1. The quantitative estimate of drug-likeness (QED) is 0.524. The number of benzene rings is 1. The number of aliphatic hydroxyl groups excluding tert-OH is 1. The number of rotatable bonds is 7. The average molecular weight is 411 g/mol. The summed E-state index contributed by atoms with van der Waals surface area (Å²) in [5, 5.41) is 12.0. The van der Waals surface area contributed by atoms with E-state index >= 15 is 0 Å². The van der Waals surface area contributed by atoms with Crippen molar-refractivity contribution < 1.29 is 24.2 Å². The topological polar surface area (TPSA) is 95.9 Å². The summed E-state index contributed by atoms with van der Waals surface area (Å²) in [4.78, 5) is 38.1. The van der Waals surface area contributed by atoms with E-state index in [1.165, 1.54) is 12.0 Å². The normalized spacial score (nSPS) is 14.1. The van der Waals surface area contributed by atoms with Gasteiger partial charge >= 0.3 is 5.97 Å². The van der Waals surface area contributed by atoms with Crippen LogP contribution in [0.4, 0.5) is 5.69 Å².